The second-order valence-corrected chi connectivity index (χ2v) is 8.39. The molecule has 0 heteroatoms. The van der Waals surface area contributed by atoms with Crippen molar-refractivity contribution < 1.29 is 0 Å². The smallest absolute Gasteiger partial charge is 0.000568 e. The Labute approximate surface area is 151 Å². The van der Waals surface area contributed by atoms with E-state index in [-0.39, 0.29) is 10.8 Å². The Hall–Kier alpha value is -2.34. The van der Waals surface area contributed by atoms with Gasteiger partial charge in [-0.3, -0.25) is 0 Å². The van der Waals surface area contributed by atoms with Gasteiger partial charge in [-0.05, 0) is 51.1 Å². The highest BCUT2D eigenvalue weighted by molar-refractivity contribution is 5.88. The predicted molar refractivity (Wildman–Crippen MR) is 108 cm³/mol. The third-order valence-electron chi connectivity index (χ3n) is 6.52. The van der Waals surface area contributed by atoms with E-state index in [1.165, 1.54) is 38.9 Å². The lowest BCUT2D eigenvalue weighted by Gasteiger charge is -2.46. The van der Waals surface area contributed by atoms with Crippen LogP contribution >= 0.6 is 0 Å². The molecular weight excluding hydrogens is 300 g/mol. The minimum Gasteiger partial charge on any atom is -0.0619 e. The van der Waals surface area contributed by atoms with Crippen LogP contribution in [0.15, 0.2) is 66.7 Å². The van der Waals surface area contributed by atoms with Crippen LogP contribution in [0.5, 0.6) is 0 Å². The molecule has 0 saturated heterocycles. The fraction of sp³-hybridized carbons (Fsp3) is 0.280. The Balaban J connectivity index is 2.22. The van der Waals surface area contributed by atoms with Gasteiger partial charge >= 0.3 is 0 Å². The van der Waals surface area contributed by atoms with Gasteiger partial charge in [-0.25, -0.2) is 0 Å². The van der Waals surface area contributed by atoms with Crippen molar-refractivity contribution in [3.63, 3.8) is 0 Å². The lowest BCUT2D eigenvalue weighted by atomic mass is 9.57. The van der Waals surface area contributed by atoms with Crippen molar-refractivity contribution in [3.05, 3.63) is 83.4 Å². The van der Waals surface area contributed by atoms with E-state index < -0.39 is 0 Å². The Kier molecular flexibility index (Phi) is 3.44. The van der Waals surface area contributed by atoms with Gasteiger partial charge in [-0.2, -0.15) is 0 Å². The molecule has 1 aliphatic rings. The Bertz CT molecular complexity index is 957. The molecule has 0 nitrogen and oxygen atoms in total. The van der Waals surface area contributed by atoms with Gasteiger partial charge < -0.3 is 0 Å². The number of rotatable bonds is 0. The summed E-state index contributed by atoms with van der Waals surface area (Å²) in [6.45, 7) is 11.7. The van der Waals surface area contributed by atoms with Gasteiger partial charge in [0.2, 0.25) is 0 Å². The summed E-state index contributed by atoms with van der Waals surface area (Å²) < 4.78 is 0. The molecule has 0 saturated carbocycles. The molecule has 3 aromatic carbocycles. The standard InChI is InChI=1S/C25H26/c1-17-14-15-18-19-10-6-8-12-22(19)24(2,3)25(4,5)23-13-9-7-11-20(23)21(18)16-17/h6-16H,1-5H3. The van der Waals surface area contributed by atoms with Crippen LogP contribution in [0.2, 0.25) is 0 Å². The number of benzene rings is 3. The fourth-order valence-electron chi connectivity index (χ4n) is 4.32. The van der Waals surface area contributed by atoms with Crippen molar-refractivity contribution in [2.45, 2.75) is 45.4 Å². The summed E-state index contributed by atoms with van der Waals surface area (Å²) in [6.07, 6.45) is 0. The molecule has 0 fully saturated rings. The molecule has 0 radical (unpaired) electrons. The first-order valence-corrected chi connectivity index (χ1v) is 9.14. The maximum atomic E-state index is 2.39. The summed E-state index contributed by atoms with van der Waals surface area (Å²) in [5, 5.41) is 0. The zero-order valence-corrected chi connectivity index (χ0v) is 15.9. The van der Waals surface area contributed by atoms with Crippen LogP contribution in [0.25, 0.3) is 22.3 Å². The Morgan fingerprint density at radius 2 is 1.00 bits per heavy atom. The van der Waals surface area contributed by atoms with Crippen LogP contribution in [0.1, 0.15) is 44.4 Å². The highest BCUT2D eigenvalue weighted by Gasteiger charge is 2.43. The molecule has 0 amide bonds. The minimum absolute atomic E-state index is 0.0150. The second-order valence-electron chi connectivity index (χ2n) is 8.39. The average molecular weight is 326 g/mol. The van der Waals surface area contributed by atoms with Crippen LogP contribution in [0.4, 0.5) is 0 Å². The molecule has 3 aromatic rings. The lowest BCUT2D eigenvalue weighted by molar-refractivity contribution is 0.304. The van der Waals surface area contributed by atoms with Crippen molar-refractivity contribution in [1.29, 1.82) is 0 Å². The quantitative estimate of drug-likeness (QED) is 0.421. The molecule has 0 atom stereocenters. The first-order chi connectivity index (χ1) is 11.8. The molecule has 25 heavy (non-hydrogen) atoms. The van der Waals surface area contributed by atoms with Crippen LogP contribution in [0, 0.1) is 6.92 Å². The number of fused-ring (bicyclic) bond motifs is 5. The van der Waals surface area contributed by atoms with Crippen LogP contribution in [-0.4, -0.2) is 0 Å². The molecular formula is C25H26. The van der Waals surface area contributed by atoms with Gasteiger partial charge in [-0.15, -0.1) is 0 Å². The summed E-state index contributed by atoms with van der Waals surface area (Å²) in [6, 6.07) is 24.8. The van der Waals surface area contributed by atoms with E-state index in [2.05, 4.69) is 101 Å². The van der Waals surface area contributed by atoms with Crippen LogP contribution in [0.3, 0.4) is 0 Å². The molecule has 1 aliphatic carbocycles. The predicted octanol–water partition coefficient (Wildman–Crippen LogP) is 6.90. The van der Waals surface area contributed by atoms with E-state index in [4.69, 9.17) is 0 Å². The van der Waals surface area contributed by atoms with E-state index in [9.17, 15) is 0 Å². The van der Waals surface area contributed by atoms with Crippen LogP contribution in [-0.2, 0) is 10.8 Å². The van der Waals surface area contributed by atoms with E-state index in [0.717, 1.165) is 0 Å². The van der Waals surface area contributed by atoms with Gasteiger partial charge in [0, 0.05) is 0 Å². The normalized spacial score (nSPS) is 16.8. The summed E-state index contributed by atoms with van der Waals surface area (Å²) in [7, 11) is 0. The van der Waals surface area contributed by atoms with Crippen molar-refractivity contribution in [3.8, 4) is 22.3 Å². The van der Waals surface area contributed by atoms with Gasteiger partial charge in [0.1, 0.15) is 0 Å². The maximum absolute atomic E-state index is 2.39. The Morgan fingerprint density at radius 1 is 0.520 bits per heavy atom. The first-order valence-electron chi connectivity index (χ1n) is 9.14. The zero-order chi connectivity index (χ0) is 17.8. The summed E-state index contributed by atoms with van der Waals surface area (Å²) in [5.41, 5.74) is 9.64. The first kappa shape index (κ1) is 16.1. The van der Waals surface area contributed by atoms with Crippen molar-refractivity contribution >= 4 is 0 Å². The molecule has 0 spiro atoms. The molecule has 0 aromatic heterocycles. The average Bonchev–Trinajstić information content (AvgIpc) is 2.61. The van der Waals surface area contributed by atoms with Crippen molar-refractivity contribution in [2.24, 2.45) is 0 Å². The number of hydrogen-bond acceptors (Lipinski definition) is 0. The molecule has 126 valence electrons. The third kappa shape index (κ3) is 2.20. The monoisotopic (exact) mass is 326 g/mol. The maximum Gasteiger partial charge on any atom is -0.000568 e. The summed E-state index contributed by atoms with van der Waals surface area (Å²) >= 11 is 0. The fourth-order valence-corrected chi connectivity index (χ4v) is 4.32. The molecule has 4 rings (SSSR count). The number of aryl methyl sites for hydroxylation is 1. The van der Waals surface area contributed by atoms with Crippen molar-refractivity contribution in [1.82, 2.24) is 0 Å². The molecule has 0 heterocycles. The molecule has 0 N–H and O–H groups in total. The van der Waals surface area contributed by atoms with Gasteiger partial charge in [0.25, 0.3) is 0 Å². The molecule has 0 bridgehead atoms. The largest absolute Gasteiger partial charge is 0.0619 e. The van der Waals surface area contributed by atoms with E-state index >= 15 is 0 Å². The highest BCUT2D eigenvalue weighted by atomic mass is 14.5. The highest BCUT2D eigenvalue weighted by Crippen LogP contribution is 2.52. The summed E-state index contributed by atoms with van der Waals surface area (Å²) in [4.78, 5) is 0. The lowest BCUT2D eigenvalue weighted by Crippen LogP contribution is -2.41. The second kappa shape index (κ2) is 5.33. The summed E-state index contributed by atoms with van der Waals surface area (Å²) in [5.74, 6) is 0. The van der Waals surface area contributed by atoms with Gasteiger partial charge in [0.05, 0.1) is 0 Å². The molecule has 0 unspecified atom stereocenters. The van der Waals surface area contributed by atoms with Crippen LogP contribution < -0.4 is 0 Å². The van der Waals surface area contributed by atoms with Crippen molar-refractivity contribution in [2.75, 3.05) is 0 Å². The third-order valence-corrected chi connectivity index (χ3v) is 6.52. The topological polar surface area (TPSA) is 0 Å². The van der Waals surface area contributed by atoms with E-state index in [1.54, 1.807) is 0 Å². The number of hydrogen-bond donors (Lipinski definition) is 0. The zero-order valence-electron chi connectivity index (χ0n) is 15.9. The van der Waals surface area contributed by atoms with Gasteiger partial charge in [0.15, 0.2) is 0 Å². The Morgan fingerprint density at radius 3 is 1.56 bits per heavy atom. The van der Waals surface area contributed by atoms with E-state index in [1.807, 2.05) is 0 Å². The molecule has 0 aliphatic heterocycles. The minimum atomic E-state index is 0.0150. The van der Waals surface area contributed by atoms with Gasteiger partial charge in [-0.1, -0.05) is 100.0 Å². The van der Waals surface area contributed by atoms with E-state index in [0.29, 0.717) is 0 Å². The SMILES string of the molecule is Cc1ccc2c(c1)-c1ccccc1C(C)(C)C(C)(C)c1ccccc1-2.